The third-order valence-electron chi connectivity index (χ3n) is 3.56. The van der Waals surface area contributed by atoms with E-state index in [1.54, 1.807) is 18.2 Å². The highest BCUT2D eigenvalue weighted by Gasteiger charge is 2.13. The Hall–Kier alpha value is -3.04. The molecule has 0 aliphatic carbocycles. The van der Waals surface area contributed by atoms with Crippen LogP contribution >= 0.6 is 11.6 Å². The van der Waals surface area contributed by atoms with E-state index >= 15 is 0 Å². The minimum Gasteiger partial charge on any atom is -0.481 e. The Morgan fingerprint density at radius 2 is 2.15 bits per heavy atom. The molecule has 3 aromatic rings. The molecule has 0 radical (unpaired) electrons. The quantitative estimate of drug-likeness (QED) is 0.668. The van der Waals surface area contributed by atoms with E-state index < -0.39 is 11.7 Å². The molecule has 0 spiro atoms. The summed E-state index contributed by atoms with van der Waals surface area (Å²) in [6.45, 7) is 2.25. The number of halogens is 2. The van der Waals surface area contributed by atoms with E-state index in [4.69, 9.17) is 16.3 Å². The van der Waals surface area contributed by atoms with Crippen LogP contribution in [-0.2, 0) is 0 Å². The second-order valence-corrected chi connectivity index (χ2v) is 5.77. The van der Waals surface area contributed by atoms with Gasteiger partial charge in [-0.15, -0.1) is 5.92 Å². The minimum atomic E-state index is -0.582. The van der Waals surface area contributed by atoms with Gasteiger partial charge in [0.15, 0.2) is 5.82 Å². The zero-order valence-electron chi connectivity index (χ0n) is 13.9. The molecule has 0 atom stereocenters. The van der Waals surface area contributed by atoms with Crippen molar-refractivity contribution in [3.8, 4) is 17.6 Å². The van der Waals surface area contributed by atoms with Gasteiger partial charge in [-0.25, -0.2) is 4.39 Å². The highest BCUT2D eigenvalue weighted by Crippen LogP contribution is 2.26. The van der Waals surface area contributed by atoms with Crippen LogP contribution in [0.4, 0.5) is 10.2 Å². The number of fused-ring (bicyclic) bond motifs is 1. The largest absolute Gasteiger partial charge is 0.481 e. The third-order valence-corrected chi connectivity index (χ3v) is 3.85. The summed E-state index contributed by atoms with van der Waals surface area (Å²) in [7, 11) is 0. The first kappa shape index (κ1) is 17.8. The molecule has 0 saturated carbocycles. The molecule has 0 aliphatic rings. The van der Waals surface area contributed by atoms with Gasteiger partial charge in [-0.05, 0) is 36.4 Å². The summed E-state index contributed by atoms with van der Waals surface area (Å²) in [5.41, 5.74) is 0.972. The molecule has 2 aromatic carbocycles. The van der Waals surface area contributed by atoms with Crippen molar-refractivity contribution in [2.75, 3.05) is 11.9 Å². The van der Waals surface area contributed by atoms with Crippen molar-refractivity contribution < 1.29 is 13.9 Å². The lowest BCUT2D eigenvalue weighted by Gasteiger charge is -2.05. The summed E-state index contributed by atoms with van der Waals surface area (Å²) in [4.78, 5) is 12.4. The van der Waals surface area contributed by atoms with Gasteiger partial charge in [-0.2, -0.15) is 5.10 Å². The molecule has 0 saturated heterocycles. The van der Waals surface area contributed by atoms with E-state index in [1.807, 2.05) is 6.92 Å². The molecule has 26 heavy (non-hydrogen) atoms. The van der Waals surface area contributed by atoms with Crippen LogP contribution in [0.2, 0.25) is 5.02 Å². The molecule has 2 N–H and O–H groups in total. The van der Waals surface area contributed by atoms with Crippen LogP contribution in [0, 0.1) is 17.7 Å². The Labute approximate surface area is 154 Å². The number of hydrogen-bond donors (Lipinski definition) is 2. The SMILES string of the molecule is CCC#CCOc1ccc2[nH]nc(NC(=O)c3ccc(F)c(Cl)c3)c2c1. The number of hydrogen-bond acceptors (Lipinski definition) is 3. The number of aromatic nitrogens is 2. The Kier molecular flexibility index (Phi) is 5.40. The van der Waals surface area contributed by atoms with E-state index in [9.17, 15) is 9.18 Å². The summed E-state index contributed by atoms with van der Waals surface area (Å²) in [5.74, 6) is 5.75. The van der Waals surface area contributed by atoms with Crippen LogP contribution in [-0.4, -0.2) is 22.7 Å². The first-order valence-electron chi connectivity index (χ1n) is 7.91. The molecule has 1 heterocycles. The topological polar surface area (TPSA) is 67.0 Å². The number of amides is 1. The van der Waals surface area contributed by atoms with Crippen molar-refractivity contribution in [2.24, 2.45) is 0 Å². The highest BCUT2D eigenvalue weighted by molar-refractivity contribution is 6.31. The van der Waals surface area contributed by atoms with Crippen molar-refractivity contribution in [1.82, 2.24) is 10.2 Å². The minimum absolute atomic E-state index is 0.117. The van der Waals surface area contributed by atoms with E-state index in [0.29, 0.717) is 17.0 Å². The summed E-state index contributed by atoms with van der Waals surface area (Å²) in [6.07, 6.45) is 0.772. The van der Waals surface area contributed by atoms with Crippen LogP contribution in [0.5, 0.6) is 5.75 Å². The molecule has 132 valence electrons. The lowest BCUT2D eigenvalue weighted by Crippen LogP contribution is -2.12. The maximum atomic E-state index is 13.2. The van der Waals surface area contributed by atoms with Crippen molar-refractivity contribution in [2.45, 2.75) is 13.3 Å². The first-order chi connectivity index (χ1) is 12.6. The number of nitrogens with one attached hydrogen (secondary N) is 2. The van der Waals surface area contributed by atoms with Crippen LogP contribution in [0.25, 0.3) is 10.9 Å². The van der Waals surface area contributed by atoms with Gasteiger partial charge in [0.1, 0.15) is 18.2 Å². The van der Waals surface area contributed by atoms with Crippen molar-refractivity contribution in [1.29, 1.82) is 0 Å². The van der Waals surface area contributed by atoms with Gasteiger partial charge in [0.25, 0.3) is 5.91 Å². The van der Waals surface area contributed by atoms with Crippen LogP contribution in [0.15, 0.2) is 36.4 Å². The number of rotatable bonds is 4. The maximum Gasteiger partial charge on any atom is 0.256 e. The van der Waals surface area contributed by atoms with Crippen LogP contribution < -0.4 is 10.1 Å². The van der Waals surface area contributed by atoms with Gasteiger partial charge in [0, 0.05) is 17.4 Å². The molecule has 5 nitrogen and oxygen atoms in total. The molecule has 0 bridgehead atoms. The molecular formula is C19H15ClFN3O2. The smallest absolute Gasteiger partial charge is 0.256 e. The molecule has 7 heteroatoms. The van der Waals surface area contributed by atoms with Gasteiger partial charge in [-0.1, -0.05) is 24.4 Å². The first-order valence-corrected chi connectivity index (χ1v) is 8.29. The fraction of sp³-hybridized carbons (Fsp3) is 0.158. The highest BCUT2D eigenvalue weighted by atomic mass is 35.5. The third kappa shape index (κ3) is 3.95. The molecule has 3 rings (SSSR count). The zero-order chi connectivity index (χ0) is 18.5. The van der Waals surface area contributed by atoms with E-state index in [1.165, 1.54) is 12.1 Å². The predicted molar refractivity (Wildman–Crippen MR) is 99.0 cm³/mol. The van der Waals surface area contributed by atoms with Crippen molar-refractivity contribution in [3.05, 3.63) is 52.8 Å². The van der Waals surface area contributed by atoms with E-state index in [-0.39, 0.29) is 17.2 Å². The molecule has 0 aliphatic heterocycles. The number of carbonyl (C=O) groups excluding carboxylic acids is 1. The standard InChI is InChI=1S/C19H15ClFN3O2/c1-2-3-4-9-26-13-6-8-17-14(11-13)18(24-23-17)22-19(25)12-5-7-16(21)15(20)10-12/h5-8,10-11H,2,9H2,1H3,(H2,22,23,24,25). The van der Waals surface area contributed by atoms with Crippen molar-refractivity contribution >= 4 is 34.2 Å². The monoisotopic (exact) mass is 371 g/mol. The number of ether oxygens (including phenoxy) is 1. The summed E-state index contributed by atoms with van der Waals surface area (Å²) >= 11 is 5.72. The van der Waals surface area contributed by atoms with E-state index in [2.05, 4.69) is 27.4 Å². The normalized spacial score (nSPS) is 10.3. The number of H-pyrrole nitrogens is 1. The summed E-state index contributed by atoms with van der Waals surface area (Å²) in [5, 5.41) is 10.2. The fourth-order valence-corrected chi connectivity index (χ4v) is 2.47. The van der Waals surface area contributed by atoms with Crippen LogP contribution in [0.1, 0.15) is 23.7 Å². The molecule has 0 fully saturated rings. The maximum absolute atomic E-state index is 13.2. The van der Waals surface area contributed by atoms with Gasteiger partial charge < -0.3 is 10.1 Å². The van der Waals surface area contributed by atoms with Crippen LogP contribution in [0.3, 0.4) is 0 Å². The van der Waals surface area contributed by atoms with Gasteiger partial charge in [0.05, 0.1) is 10.5 Å². The number of carbonyl (C=O) groups is 1. The van der Waals surface area contributed by atoms with Gasteiger partial charge in [0.2, 0.25) is 0 Å². The molecule has 1 aromatic heterocycles. The Bertz CT molecular complexity index is 1020. The Morgan fingerprint density at radius 1 is 1.31 bits per heavy atom. The number of anilines is 1. The molecule has 1 amide bonds. The van der Waals surface area contributed by atoms with Gasteiger partial charge >= 0.3 is 0 Å². The van der Waals surface area contributed by atoms with E-state index in [0.717, 1.165) is 18.0 Å². The van der Waals surface area contributed by atoms with Gasteiger partial charge in [-0.3, -0.25) is 9.89 Å². The molecule has 0 unspecified atom stereocenters. The predicted octanol–water partition coefficient (Wildman–Crippen LogP) is 4.40. The van der Waals surface area contributed by atoms with Crippen molar-refractivity contribution in [3.63, 3.8) is 0 Å². The number of benzene rings is 2. The number of nitrogens with zero attached hydrogens (tertiary/aromatic N) is 1. The Balaban J connectivity index is 1.80. The Morgan fingerprint density at radius 3 is 2.92 bits per heavy atom. The number of aromatic amines is 1. The zero-order valence-corrected chi connectivity index (χ0v) is 14.7. The average molecular weight is 372 g/mol. The summed E-state index contributed by atoms with van der Waals surface area (Å²) < 4.78 is 18.8. The average Bonchev–Trinajstić information content (AvgIpc) is 3.03. The summed E-state index contributed by atoms with van der Waals surface area (Å²) in [6, 6.07) is 9.12. The molecular weight excluding hydrogens is 357 g/mol. The second kappa shape index (κ2) is 7.89. The lowest BCUT2D eigenvalue weighted by molar-refractivity contribution is 0.102. The fourth-order valence-electron chi connectivity index (χ4n) is 2.29. The lowest BCUT2D eigenvalue weighted by atomic mass is 10.2. The second-order valence-electron chi connectivity index (χ2n) is 5.36.